The molecule has 0 radical (unpaired) electrons. The average Bonchev–Trinajstić information content (AvgIpc) is 2.10. The van der Waals surface area contributed by atoms with Crippen LogP contribution in [-0.2, 0) is 0 Å². The number of nitrogens with zero attached hydrogens (tertiary/aromatic N) is 1. The predicted molar refractivity (Wildman–Crippen MR) is 59.0 cm³/mol. The number of hydrogen-bond acceptors (Lipinski definition) is 3. The lowest BCUT2D eigenvalue weighted by Gasteiger charge is -2.11. The molecule has 0 aromatic heterocycles. The van der Waals surface area contributed by atoms with Crippen molar-refractivity contribution in [1.29, 1.82) is 0 Å². The lowest BCUT2D eigenvalue weighted by atomic mass is 10.3. The molecule has 1 atom stereocenters. The highest BCUT2D eigenvalue weighted by Crippen LogP contribution is 2.15. The maximum Gasteiger partial charge on any atom is 0.115 e. The van der Waals surface area contributed by atoms with Crippen LogP contribution in [0.3, 0.4) is 0 Å². The first-order chi connectivity index (χ1) is 6.18. The summed E-state index contributed by atoms with van der Waals surface area (Å²) in [5.74, 6) is 0. The first-order valence-electron chi connectivity index (χ1n) is 4.34. The summed E-state index contributed by atoms with van der Waals surface area (Å²) in [4.78, 5) is 0. The monoisotopic (exact) mass is 247 g/mol. The van der Waals surface area contributed by atoms with Crippen molar-refractivity contribution in [2.45, 2.75) is 24.8 Å². The Morgan fingerprint density at radius 3 is 2.38 bits per heavy atom. The van der Waals surface area contributed by atoms with Gasteiger partial charge in [-0.1, -0.05) is 0 Å². The van der Waals surface area contributed by atoms with Gasteiger partial charge in [-0.25, -0.2) is 0 Å². The second kappa shape index (κ2) is 9.31. The van der Waals surface area contributed by atoms with E-state index in [2.05, 4.69) is 5.32 Å². The van der Waals surface area contributed by atoms with Crippen LogP contribution in [-0.4, -0.2) is 29.1 Å². The minimum atomic E-state index is -0.306. The maximum atomic E-state index is 5.77. The number of nitrogens with two attached hydrogens (primary N) is 1. The highest BCUT2D eigenvalue weighted by Gasteiger charge is 2.09. The Hall–Kier alpha value is 0.750. The zero-order valence-corrected chi connectivity index (χ0v) is 9.75. The van der Waals surface area contributed by atoms with Gasteiger partial charge in [0.25, 0.3) is 0 Å². The molecule has 0 heterocycles. The molecule has 3 nitrogen and oxygen atoms in total. The van der Waals surface area contributed by atoms with Gasteiger partial charge in [0, 0.05) is 0 Å². The van der Waals surface area contributed by atoms with Crippen LogP contribution in [0.1, 0.15) is 19.3 Å². The smallest absolute Gasteiger partial charge is 0.115 e. The van der Waals surface area contributed by atoms with E-state index >= 15 is 0 Å². The highest BCUT2D eigenvalue weighted by molar-refractivity contribution is 6.38. The van der Waals surface area contributed by atoms with E-state index in [-0.39, 0.29) is 5.50 Å². The number of nitrogens with one attached hydrogen (secondary N) is 1. The van der Waals surface area contributed by atoms with Crippen LogP contribution in [0.25, 0.3) is 0 Å². The molecule has 0 aliphatic carbocycles. The van der Waals surface area contributed by atoms with E-state index in [1.54, 1.807) is 0 Å². The zero-order valence-electron chi connectivity index (χ0n) is 7.48. The van der Waals surface area contributed by atoms with Crippen molar-refractivity contribution < 1.29 is 0 Å². The Morgan fingerprint density at radius 1 is 1.23 bits per heavy atom. The van der Waals surface area contributed by atoms with Gasteiger partial charge >= 0.3 is 0 Å². The lowest BCUT2D eigenvalue weighted by molar-refractivity contribution is 0.536. The first kappa shape index (κ1) is 13.8. The molecule has 0 bridgehead atoms. The summed E-state index contributed by atoms with van der Waals surface area (Å²) in [6.45, 7) is 2.60. The molecule has 3 N–H and O–H groups in total. The summed E-state index contributed by atoms with van der Waals surface area (Å²) in [6.07, 6.45) is 2.72. The molecule has 0 aromatic rings. The quantitative estimate of drug-likeness (QED) is 0.298. The molecule has 0 aliphatic heterocycles. The zero-order chi connectivity index (χ0) is 10.1. The molecular weight excluding hydrogens is 232 g/mol. The van der Waals surface area contributed by atoms with Crippen molar-refractivity contribution in [3.05, 3.63) is 0 Å². The second-order valence-electron chi connectivity index (χ2n) is 2.73. The third-order valence-electron chi connectivity index (χ3n) is 1.57. The van der Waals surface area contributed by atoms with Gasteiger partial charge in [0.1, 0.15) is 5.50 Å². The molecule has 6 heteroatoms. The van der Waals surface area contributed by atoms with E-state index in [1.165, 1.54) is 0 Å². The molecule has 13 heavy (non-hydrogen) atoms. The van der Waals surface area contributed by atoms with Gasteiger partial charge in [-0.2, -0.15) is 0 Å². The first-order valence-corrected chi connectivity index (χ1v) is 5.45. The molecule has 0 saturated carbocycles. The molecule has 0 saturated heterocycles. The fraction of sp³-hybridized carbons (Fsp3) is 1.00. The van der Waals surface area contributed by atoms with Gasteiger partial charge < -0.3 is 11.1 Å². The number of halogens is 3. The Kier molecular flexibility index (Phi) is 9.85. The van der Waals surface area contributed by atoms with Crippen LogP contribution in [0, 0.1) is 0 Å². The third-order valence-corrected chi connectivity index (χ3v) is 2.65. The number of alkyl halides is 1. The van der Waals surface area contributed by atoms with Crippen LogP contribution in [0.5, 0.6) is 0 Å². The van der Waals surface area contributed by atoms with Crippen LogP contribution in [0.4, 0.5) is 0 Å². The molecule has 0 fully saturated rings. The van der Waals surface area contributed by atoms with Crippen molar-refractivity contribution in [3.63, 3.8) is 0 Å². The SMILES string of the molecule is NCCCNCCCC(Cl)N(Cl)Cl. The van der Waals surface area contributed by atoms with Crippen LogP contribution in [0.2, 0.25) is 0 Å². The summed E-state index contributed by atoms with van der Waals surface area (Å²) < 4.78 is 0.974. The normalized spacial score (nSPS) is 13.6. The second-order valence-corrected chi connectivity index (χ2v) is 4.13. The van der Waals surface area contributed by atoms with Crippen molar-refractivity contribution >= 4 is 35.2 Å². The molecule has 0 aromatic carbocycles. The fourth-order valence-corrected chi connectivity index (χ4v) is 1.19. The van der Waals surface area contributed by atoms with Gasteiger partial charge in [-0.3, -0.25) is 0 Å². The van der Waals surface area contributed by atoms with E-state index < -0.39 is 0 Å². The van der Waals surface area contributed by atoms with Gasteiger partial charge in [-0.05, 0) is 62.5 Å². The van der Waals surface area contributed by atoms with Crippen molar-refractivity contribution in [1.82, 2.24) is 9.25 Å². The number of rotatable bonds is 8. The molecule has 0 spiro atoms. The van der Waals surface area contributed by atoms with Gasteiger partial charge in [-0.15, -0.1) is 15.5 Å². The van der Waals surface area contributed by atoms with E-state index in [4.69, 9.17) is 40.9 Å². The molecule has 0 rings (SSSR count). The van der Waals surface area contributed by atoms with Crippen LogP contribution < -0.4 is 11.1 Å². The van der Waals surface area contributed by atoms with Gasteiger partial charge in [0.15, 0.2) is 0 Å². The molecular formula is C7H16Cl3N3. The minimum absolute atomic E-state index is 0.306. The van der Waals surface area contributed by atoms with Crippen LogP contribution in [0.15, 0.2) is 0 Å². The predicted octanol–water partition coefficient (Wildman–Crippen LogP) is 1.88. The average molecular weight is 249 g/mol. The molecule has 0 aliphatic rings. The molecule has 80 valence electrons. The van der Waals surface area contributed by atoms with Gasteiger partial charge in [0.2, 0.25) is 0 Å². The van der Waals surface area contributed by atoms with E-state index in [0.717, 1.165) is 42.8 Å². The van der Waals surface area contributed by atoms with Gasteiger partial charge in [0.05, 0.1) is 0 Å². The fourth-order valence-electron chi connectivity index (χ4n) is 0.845. The summed E-state index contributed by atoms with van der Waals surface area (Å²) in [7, 11) is 0. The third kappa shape index (κ3) is 9.06. The largest absolute Gasteiger partial charge is 0.330 e. The van der Waals surface area contributed by atoms with E-state index in [1.807, 2.05) is 0 Å². The maximum absolute atomic E-state index is 5.77. The lowest BCUT2D eigenvalue weighted by Crippen LogP contribution is -2.21. The molecule has 0 amide bonds. The Bertz CT molecular complexity index is 113. The number of hydrogen-bond donors (Lipinski definition) is 2. The van der Waals surface area contributed by atoms with Crippen molar-refractivity contribution in [2.24, 2.45) is 5.73 Å². The minimum Gasteiger partial charge on any atom is -0.330 e. The highest BCUT2D eigenvalue weighted by atomic mass is 35.5. The summed E-state index contributed by atoms with van der Waals surface area (Å²) >= 11 is 16.6. The van der Waals surface area contributed by atoms with E-state index in [0.29, 0.717) is 0 Å². The Balaban J connectivity index is 3.07. The molecule has 1 unspecified atom stereocenters. The van der Waals surface area contributed by atoms with Crippen LogP contribution >= 0.6 is 35.2 Å². The van der Waals surface area contributed by atoms with Crippen molar-refractivity contribution in [2.75, 3.05) is 19.6 Å². The topological polar surface area (TPSA) is 41.3 Å². The standard InChI is InChI=1S/C7H16Cl3N3/c8-7(13(9)10)3-1-5-12-6-2-4-11/h7,12H,1-6,11H2. The summed E-state index contributed by atoms with van der Waals surface area (Å²) in [5.41, 5.74) is 5.02. The Labute approximate surface area is 94.7 Å². The summed E-state index contributed by atoms with van der Waals surface area (Å²) in [5, 5.41) is 3.24. The van der Waals surface area contributed by atoms with Crippen molar-refractivity contribution in [3.8, 4) is 0 Å². The Morgan fingerprint density at radius 2 is 1.85 bits per heavy atom. The van der Waals surface area contributed by atoms with E-state index in [9.17, 15) is 0 Å². The summed E-state index contributed by atoms with van der Waals surface area (Å²) in [6, 6.07) is 0.